The lowest BCUT2D eigenvalue weighted by Gasteiger charge is -2.18. The van der Waals surface area contributed by atoms with E-state index < -0.39 is 6.10 Å². The summed E-state index contributed by atoms with van der Waals surface area (Å²) in [4.78, 5) is 37.9. The maximum absolute atomic E-state index is 12.8. The van der Waals surface area contributed by atoms with Gasteiger partial charge < -0.3 is 14.2 Å². The van der Waals surface area contributed by atoms with Gasteiger partial charge in [-0.2, -0.15) is 0 Å². The van der Waals surface area contributed by atoms with Crippen molar-refractivity contribution in [1.82, 2.24) is 0 Å². The van der Waals surface area contributed by atoms with E-state index in [9.17, 15) is 14.4 Å². The molecule has 6 heteroatoms. The summed E-state index contributed by atoms with van der Waals surface area (Å²) in [5.41, 5.74) is 0. The van der Waals surface area contributed by atoms with Crippen LogP contribution in [0, 0.1) is 0 Å². The molecular formula is C57H100O6. The summed E-state index contributed by atoms with van der Waals surface area (Å²) in [5.74, 6) is -1.02. The third-order valence-electron chi connectivity index (χ3n) is 11.5. The van der Waals surface area contributed by atoms with Crippen LogP contribution in [0.3, 0.4) is 0 Å². The number of unbranched alkanes of at least 4 members (excludes halogenated alkanes) is 27. The van der Waals surface area contributed by atoms with Gasteiger partial charge in [0.25, 0.3) is 0 Å². The molecule has 0 bridgehead atoms. The Bertz CT molecular complexity index is 1150. The Morgan fingerprint density at radius 1 is 0.317 bits per heavy atom. The average Bonchev–Trinajstić information content (AvgIpc) is 3.28. The number of hydrogen-bond acceptors (Lipinski definition) is 6. The van der Waals surface area contributed by atoms with Crippen LogP contribution < -0.4 is 0 Å². The van der Waals surface area contributed by atoms with Crippen LogP contribution in [0.25, 0.3) is 0 Å². The molecule has 0 radical (unpaired) electrons. The van der Waals surface area contributed by atoms with Crippen molar-refractivity contribution in [2.75, 3.05) is 13.2 Å². The number of hydrogen-bond donors (Lipinski definition) is 0. The summed E-state index contributed by atoms with van der Waals surface area (Å²) in [5, 5.41) is 0. The lowest BCUT2D eigenvalue weighted by molar-refractivity contribution is -0.166. The summed E-state index contributed by atoms with van der Waals surface area (Å²) in [7, 11) is 0. The lowest BCUT2D eigenvalue weighted by atomic mass is 10.0. The van der Waals surface area contributed by atoms with E-state index in [1.165, 1.54) is 161 Å². The molecule has 6 nitrogen and oxygen atoms in total. The molecule has 0 heterocycles. The fourth-order valence-corrected chi connectivity index (χ4v) is 7.45. The predicted octanol–water partition coefficient (Wildman–Crippen LogP) is 17.6. The number of rotatable bonds is 48. The average molecular weight is 881 g/mol. The first-order valence-corrected chi connectivity index (χ1v) is 26.8. The van der Waals surface area contributed by atoms with Gasteiger partial charge in [0.2, 0.25) is 0 Å². The van der Waals surface area contributed by atoms with Gasteiger partial charge in [-0.25, -0.2) is 0 Å². The van der Waals surface area contributed by atoms with Crippen LogP contribution in [-0.2, 0) is 28.6 Å². The predicted molar refractivity (Wildman–Crippen MR) is 270 cm³/mol. The summed E-state index contributed by atoms with van der Waals surface area (Å²) in [6, 6.07) is 0. The van der Waals surface area contributed by atoms with Crippen LogP contribution >= 0.6 is 0 Å². The zero-order valence-corrected chi connectivity index (χ0v) is 41.6. The molecule has 0 saturated carbocycles. The van der Waals surface area contributed by atoms with Crippen molar-refractivity contribution < 1.29 is 28.6 Å². The Labute approximate surface area is 390 Å². The van der Waals surface area contributed by atoms with Gasteiger partial charge in [-0.3, -0.25) is 14.4 Å². The number of allylic oxidation sites excluding steroid dienone is 10. The molecule has 0 rings (SSSR count). The van der Waals surface area contributed by atoms with Crippen LogP contribution in [0.15, 0.2) is 60.8 Å². The molecule has 1 atom stereocenters. The molecule has 0 aliphatic heterocycles. The van der Waals surface area contributed by atoms with Crippen molar-refractivity contribution in [3.8, 4) is 0 Å². The van der Waals surface area contributed by atoms with Crippen molar-refractivity contribution in [3.63, 3.8) is 0 Å². The van der Waals surface area contributed by atoms with E-state index in [1.54, 1.807) is 0 Å². The second kappa shape index (κ2) is 51.7. The fourth-order valence-electron chi connectivity index (χ4n) is 7.45. The standard InChI is InChI=1S/C57H100O6/c1-4-7-10-13-16-19-22-25-27-28-30-32-35-38-41-44-47-50-56(59)62-53-54(52-61-55(58)49-46-43-40-37-34-31-24-21-18-15-12-9-6-3)63-57(60)51-48-45-42-39-36-33-29-26-23-20-17-14-11-8-5-2/h25,27,30-32,34,38,40-41,43,54H,4-24,26,28-29,33,35-37,39,42,44-53H2,1-3H3/b27-25+,32-30+,34-31+,41-38+,43-40+. The Morgan fingerprint density at radius 3 is 1.03 bits per heavy atom. The van der Waals surface area contributed by atoms with E-state index in [0.29, 0.717) is 19.3 Å². The molecule has 0 aromatic heterocycles. The minimum Gasteiger partial charge on any atom is -0.462 e. The zero-order chi connectivity index (χ0) is 45.8. The van der Waals surface area contributed by atoms with Gasteiger partial charge >= 0.3 is 17.9 Å². The molecule has 0 spiro atoms. The second-order valence-corrected chi connectivity index (χ2v) is 17.8. The van der Waals surface area contributed by atoms with Gasteiger partial charge in [-0.05, 0) is 70.6 Å². The first-order valence-electron chi connectivity index (χ1n) is 26.8. The van der Waals surface area contributed by atoms with Crippen molar-refractivity contribution in [2.45, 2.75) is 271 Å². The summed E-state index contributed by atoms with van der Waals surface area (Å²) >= 11 is 0. The minimum atomic E-state index is -0.814. The highest BCUT2D eigenvalue weighted by Gasteiger charge is 2.19. The Balaban J connectivity index is 4.49. The number of esters is 3. The lowest BCUT2D eigenvalue weighted by Crippen LogP contribution is -2.30. The van der Waals surface area contributed by atoms with E-state index in [1.807, 2.05) is 6.08 Å². The molecule has 0 aromatic carbocycles. The molecule has 1 unspecified atom stereocenters. The van der Waals surface area contributed by atoms with Gasteiger partial charge in [0.05, 0.1) is 0 Å². The van der Waals surface area contributed by atoms with E-state index in [-0.39, 0.29) is 44.0 Å². The second-order valence-electron chi connectivity index (χ2n) is 17.8. The normalized spacial score (nSPS) is 12.5. The molecule has 0 saturated heterocycles. The monoisotopic (exact) mass is 881 g/mol. The Morgan fingerprint density at radius 2 is 0.619 bits per heavy atom. The van der Waals surface area contributed by atoms with E-state index in [4.69, 9.17) is 14.2 Å². The first kappa shape index (κ1) is 60.1. The highest BCUT2D eigenvalue weighted by Crippen LogP contribution is 2.15. The topological polar surface area (TPSA) is 78.9 Å². The smallest absolute Gasteiger partial charge is 0.306 e. The maximum atomic E-state index is 12.8. The highest BCUT2D eigenvalue weighted by atomic mass is 16.6. The molecule has 364 valence electrons. The van der Waals surface area contributed by atoms with Crippen LogP contribution in [-0.4, -0.2) is 37.2 Å². The van der Waals surface area contributed by atoms with Gasteiger partial charge in [-0.15, -0.1) is 0 Å². The van der Waals surface area contributed by atoms with Crippen LogP contribution in [0.5, 0.6) is 0 Å². The first-order chi connectivity index (χ1) is 31.0. The fraction of sp³-hybridized carbons (Fsp3) is 0.772. The van der Waals surface area contributed by atoms with Crippen molar-refractivity contribution >= 4 is 17.9 Å². The van der Waals surface area contributed by atoms with E-state index in [2.05, 4.69) is 75.5 Å². The Hall–Kier alpha value is -2.89. The summed E-state index contributed by atoms with van der Waals surface area (Å²) < 4.78 is 16.7. The van der Waals surface area contributed by atoms with Gasteiger partial charge in [0.1, 0.15) is 13.2 Å². The van der Waals surface area contributed by atoms with E-state index in [0.717, 1.165) is 51.4 Å². The zero-order valence-electron chi connectivity index (χ0n) is 41.6. The van der Waals surface area contributed by atoms with Gasteiger partial charge in [0, 0.05) is 19.3 Å². The molecule has 0 amide bonds. The third kappa shape index (κ3) is 50.0. The Kier molecular flexibility index (Phi) is 49.4. The minimum absolute atomic E-state index is 0.115. The van der Waals surface area contributed by atoms with Crippen LogP contribution in [0.2, 0.25) is 0 Å². The van der Waals surface area contributed by atoms with Gasteiger partial charge in [-0.1, -0.05) is 236 Å². The number of ether oxygens (including phenoxy) is 3. The SMILES string of the molecule is CCCCCCCC/C=C/C/C=C/C/C=C/CCCC(=O)OCC(COC(=O)CC/C=C/C/C=C/CCCCCCCC)OC(=O)CCCCCCCCCCCCCCCCC. The van der Waals surface area contributed by atoms with Crippen LogP contribution in [0.4, 0.5) is 0 Å². The van der Waals surface area contributed by atoms with Crippen LogP contribution in [0.1, 0.15) is 265 Å². The molecule has 0 aromatic rings. The maximum Gasteiger partial charge on any atom is 0.306 e. The molecule has 63 heavy (non-hydrogen) atoms. The highest BCUT2D eigenvalue weighted by molar-refractivity contribution is 5.71. The summed E-state index contributed by atoms with van der Waals surface area (Å²) in [6.07, 6.45) is 63.7. The molecule has 0 aliphatic carbocycles. The van der Waals surface area contributed by atoms with Crippen molar-refractivity contribution in [3.05, 3.63) is 60.8 Å². The molecular weight excluding hydrogens is 781 g/mol. The number of carbonyl (C=O) groups is 3. The number of carbonyl (C=O) groups excluding carboxylic acids is 3. The quantitative estimate of drug-likeness (QED) is 0.0262. The van der Waals surface area contributed by atoms with Crippen molar-refractivity contribution in [1.29, 1.82) is 0 Å². The largest absolute Gasteiger partial charge is 0.462 e. The third-order valence-corrected chi connectivity index (χ3v) is 11.5. The molecule has 0 fully saturated rings. The molecule has 0 N–H and O–H groups in total. The summed E-state index contributed by atoms with van der Waals surface area (Å²) in [6.45, 7) is 6.54. The van der Waals surface area contributed by atoms with Crippen molar-refractivity contribution in [2.24, 2.45) is 0 Å². The molecule has 0 aliphatic rings. The van der Waals surface area contributed by atoms with Gasteiger partial charge in [0.15, 0.2) is 6.10 Å². The van der Waals surface area contributed by atoms with E-state index >= 15 is 0 Å².